The van der Waals surface area contributed by atoms with Gasteiger partial charge in [0.05, 0.1) is 32.5 Å². The quantitative estimate of drug-likeness (QED) is 0.0931. The van der Waals surface area contributed by atoms with Gasteiger partial charge in [-0.05, 0) is 25.0 Å². The number of hydrogen-bond donors (Lipinski definition) is 2. The summed E-state index contributed by atoms with van der Waals surface area (Å²) in [6.07, 6.45) is 5.44. The molecule has 3 N–H and O–H groups in total. The van der Waals surface area contributed by atoms with Gasteiger partial charge in [-0.15, -0.1) is 0 Å². The number of carbonyl (C=O) groups excluding carboxylic acids is 2. The molecule has 0 amide bonds. The molecule has 1 aromatic carbocycles. The van der Waals surface area contributed by atoms with E-state index in [1.54, 1.807) is 34.9 Å². The lowest BCUT2D eigenvalue weighted by Crippen LogP contribution is -2.40. The summed E-state index contributed by atoms with van der Waals surface area (Å²) in [6.45, 7) is 3.39. The van der Waals surface area contributed by atoms with E-state index in [9.17, 15) is 18.5 Å². The number of benzene rings is 1. The molecule has 242 valence electrons. The Kier molecular flexibility index (Phi) is 14.5. The van der Waals surface area contributed by atoms with Crippen LogP contribution in [0.1, 0.15) is 58.8 Å². The molecule has 2 heterocycles. The molecule has 0 saturated carbocycles. The number of nitrogen functional groups attached to an aromatic ring is 1. The largest absolute Gasteiger partial charge is 0.466 e. The van der Waals surface area contributed by atoms with Crippen molar-refractivity contribution in [3.63, 3.8) is 0 Å². The maximum Gasteiger partial charge on any atom is 0.342 e. The van der Waals surface area contributed by atoms with E-state index in [4.69, 9.17) is 24.5 Å². The molecule has 3 aromatic rings. The van der Waals surface area contributed by atoms with Crippen molar-refractivity contribution in [1.82, 2.24) is 24.6 Å². The SMILES string of the molecule is CCCCCOC(=O)C[C@H](NP(=O)(CO[C@H](CF)Cn1cnc2c(N)ncnc21)Oc1ccccc1)C(=O)OCCCCC. The van der Waals surface area contributed by atoms with Gasteiger partial charge in [-0.3, -0.25) is 14.2 Å². The molecule has 13 nitrogen and oxygen atoms in total. The highest BCUT2D eigenvalue weighted by atomic mass is 31.2. The monoisotopic (exact) mass is 636 g/mol. The molecule has 0 radical (unpaired) electrons. The summed E-state index contributed by atoms with van der Waals surface area (Å²) in [5, 5.41) is 2.68. The summed E-state index contributed by atoms with van der Waals surface area (Å²) in [7, 11) is -4.12. The van der Waals surface area contributed by atoms with Crippen molar-refractivity contribution < 1.29 is 37.3 Å². The first-order chi connectivity index (χ1) is 21.3. The third-order valence-electron chi connectivity index (χ3n) is 6.49. The third-order valence-corrected chi connectivity index (χ3v) is 8.19. The first kappa shape index (κ1) is 34.9. The zero-order valence-corrected chi connectivity index (χ0v) is 26.1. The van der Waals surface area contributed by atoms with Gasteiger partial charge in [0.2, 0.25) is 0 Å². The van der Waals surface area contributed by atoms with E-state index in [1.165, 1.54) is 12.7 Å². The number of unbranched alkanes of at least 4 members (excludes halogenated alkanes) is 4. The molecule has 0 fully saturated rings. The lowest BCUT2D eigenvalue weighted by Gasteiger charge is -2.26. The number of imidazole rings is 1. The second-order valence-corrected chi connectivity index (χ2v) is 12.2. The van der Waals surface area contributed by atoms with Crippen LogP contribution >= 0.6 is 7.52 Å². The highest BCUT2D eigenvalue weighted by molar-refractivity contribution is 7.57. The minimum atomic E-state index is -4.12. The number of rotatable bonds is 21. The van der Waals surface area contributed by atoms with Crippen LogP contribution in [0.3, 0.4) is 0 Å². The summed E-state index contributed by atoms with van der Waals surface area (Å²) in [4.78, 5) is 38.0. The number of ether oxygens (including phenoxy) is 3. The highest BCUT2D eigenvalue weighted by Gasteiger charge is 2.36. The Hall–Kier alpha value is -3.61. The Labute approximate surface area is 256 Å². The Morgan fingerprint density at radius 2 is 1.73 bits per heavy atom. The molecule has 3 rings (SSSR count). The van der Waals surface area contributed by atoms with Crippen molar-refractivity contribution >= 4 is 36.4 Å². The van der Waals surface area contributed by atoms with Gasteiger partial charge in [0, 0.05) is 0 Å². The fraction of sp³-hybridized carbons (Fsp3) is 0.552. The van der Waals surface area contributed by atoms with E-state index in [0.29, 0.717) is 24.0 Å². The molecule has 0 aliphatic carbocycles. The first-order valence-electron chi connectivity index (χ1n) is 14.8. The lowest BCUT2D eigenvalue weighted by atomic mass is 10.2. The molecule has 0 aliphatic heterocycles. The lowest BCUT2D eigenvalue weighted by molar-refractivity contribution is -0.152. The van der Waals surface area contributed by atoms with E-state index in [0.717, 1.165) is 25.7 Å². The van der Waals surface area contributed by atoms with E-state index in [-0.39, 0.29) is 31.3 Å². The summed E-state index contributed by atoms with van der Waals surface area (Å²) in [6, 6.07) is 6.88. The molecule has 44 heavy (non-hydrogen) atoms. The molecular weight excluding hydrogens is 594 g/mol. The fourth-order valence-corrected chi connectivity index (χ4v) is 5.87. The standard InChI is InChI=1S/C29H42FN6O7P/c1-3-5-10-14-40-25(37)16-24(29(38)41-15-11-6-4-2)35-44(39,43-22-12-8-7-9-13-22)21-42-23(17-30)18-36-20-34-26-27(31)32-19-33-28(26)36/h7-9,12-13,19-20,23-24H,3-6,10-11,14-18,21H2,1-2H3,(H,35,39)(H2,31,32,33)/t23-,24+,44?/m1/s1. The Bertz CT molecular complexity index is 1360. The average molecular weight is 637 g/mol. The predicted molar refractivity (Wildman–Crippen MR) is 163 cm³/mol. The Balaban J connectivity index is 1.78. The van der Waals surface area contributed by atoms with Gasteiger partial charge in [0.1, 0.15) is 42.8 Å². The van der Waals surface area contributed by atoms with E-state index >= 15 is 0 Å². The van der Waals surface area contributed by atoms with Crippen LogP contribution in [0.5, 0.6) is 5.75 Å². The van der Waals surface area contributed by atoms with Gasteiger partial charge in [-0.2, -0.15) is 0 Å². The number of para-hydroxylation sites is 1. The predicted octanol–water partition coefficient (Wildman–Crippen LogP) is 4.81. The summed E-state index contributed by atoms with van der Waals surface area (Å²) < 4.78 is 52.2. The number of nitrogens with zero attached hydrogens (tertiary/aromatic N) is 4. The van der Waals surface area contributed by atoms with E-state index in [1.807, 2.05) is 13.8 Å². The first-order valence-corrected chi connectivity index (χ1v) is 16.6. The van der Waals surface area contributed by atoms with Crippen molar-refractivity contribution in [2.24, 2.45) is 0 Å². The number of esters is 2. The second kappa shape index (κ2) is 18.3. The molecule has 0 bridgehead atoms. The number of aromatic nitrogens is 4. The van der Waals surface area contributed by atoms with Crippen LogP contribution in [-0.2, 0) is 34.9 Å². The zero-order chi connectivity index (χ0) is 31.8. The van der Waals surface area contributed by atoms with Gasteiger partial charge in [-0.25, -0.2) is 24.4 Å². The highest BCUT2D eigenvalue weighted by Crippen LogP contribution is 2.44. The Morgan fingerprint density at radius 1 is 1.02 bits per heavy atom. The van der Waals surface area contributed by atoms with Gasteiger partial charge in [0.15, 0.2) is 11.5 Å². The number of nitrogens with one attached hydrogen (secondary N) is 1. The molecule has 0 saturated heterocycles. The Morgan fingerprint density at radius 3 is 2.41 bits per heavy atom. The van der Waals surface area contributed by atoms with Crippen LogP contribution in [0, 0.1) is 0 Å². The van der Waals surface area contributed by atoms with Crippen molar-refractivity contribution in [1.29, 1.82) is 0 Å². The van der Waals surface area contributed by atoms with Crippen LogP contribution in [0.25, 0.3) is 11.2 Å². The van der Waals surface area contributed by atoms with E-state index in [2.05, 4.69) is 20.0 Å². The van der Waals surface area contributed by atoms with Gasteiger partial charge in [-0.1, -0.05) is 57.7 Å². The van der Waals surface area contributed by atoms with E-state index < -0.39 is 51.0 Å². The topological polar surface area (TPSA) is 170 Å². The fourth-order valence-electron chi connectivity index (χ4n) is 4.15. The van der Waals surface area contributed by atoms with Crippen molar-refractivity contribution in [2.45, 2.75) is 77.5 Å². The number of carbonyl (C=O) groups is 2. The van der Waals surface area contributed by atoms with Crippen LogP contribution in [-0.4, -0.2) is 69.8 Å². The summed E-state index contributed by atoms with van der Waals surface area (Å²) in [5.41, 5.74) is 6.58. The maximum absolute atomic E-state index is 14.2. The van der Waals surface area contributed by atoms with Gasteiger partial charge < -0.3 is 29.0 Å². The number of alkyl halides is 1. The normalized spacial score (nSPS) is 14.1. The third kappa shape index (κ3) is 11.1. The smallest absolute Gasteiger partial charge is 0.342 e. The summed E-state index contributed by atoms with van der Waals surface area (Å²) in [5.74, 6) is -1.06. The number of hydrogen-bond acceptors (Lipinski definition) is 11. The van der Waals surface area contributed by atoms with Gasteiger partial charge in [0.25, 0.3) is 0 Å². The summed E-state index contributed by atoms with van der Waals surface area (Å²) >= 11 is 0. The van der Waals surface area contributed by atoms with Crippen LogP contribution < -0.4 is 15.3 Å². The van der Waals surface area contributed by atoms with Crippen molar-refractivity contribution in [3.05, 3.63) is 43.0 Å². The molecule has 0 aliphatic rings. The minimum Gasteiger partial charge on any atom is -0.466 e. The molecule has 0 spiro atoms. The molecule has 3 atom stereocenters. The number of fused-ring (bicyclic) bond motifs is 1. The minimum absolute atomic E-state index is 0.0399. The zero-order valence-electron chi connectivity index (χ0n) is 25.2. The van der Waals surface area contributed by atoms with Crippen LogP contribution in [0.2, 0.25) is 0 Å². The molecular formula is C29H42FN6O7P. The molecule has 1 unspecified atom stereocenters. The van der Waals surface area contributed by atoms with Crippen LogP contribution in [0.4, 0.5) is 10.2 Å². The second-order valence-electron chi connectivity index (χ2n) is 10.2. The number of nitrogens with two attached hydrogens (primary N) is 1. The van der Waals surface area contributed by atoms with Crippen molar-refractivity contribution in [3.8, 4) is 5.75 Å². The number of anilines is 1. The average Bonchev–Trinajstić information content (AvgIpc) is 3.43. The number of halogens is 1. The maximum atomic E-state index is 14.2. The molecule has 2 aromatic heterocycles. The molecule has 15 heteroatoms. The van der Waals surface area contributed by atoms with Crippen LogP contribution in [0.15, 0.2) is 43.0 Å². The van der Waals surface area contributed by atoms with Gasteiger partial charge >= 0.3 is 19.5 Å². The van der Waals surface area contributed by atoms with Crippen molar-refractivity contribution in [2.75, 3.05) is 32.0 Å².